The SMILES string of the molecule is Cc1[nH]ncc1-c1nnc(CCCNC(C)C)o1. The van der Waals surface area contributed by atoms with Crippen molar-refractivity contribution in [3.8, 4) is 11.5 Å². The highest BCUT2D eigenvalue weighted by atomic mass is 16.4. The first kappa shape index (κ1) is 12.8. The monoisotopic (exact) mass is 249 g/mol. The second kappa shape index (κ2) is 5.77. The Bertz CT molecular complexity index is 488. The maximum atomic E-state index is 5.61. The van der Waals surface area contributed by atoms with E-state index in [-0.39, 0.29) is 0 Å². The minimum absolute atomic E-state index is 0.511. The van der Waals surface area contributed by atoms with Crippen molar-refractivity contribution in [1.82, 2.24) is 25.7 Å². The van der Waals surface area contributed by atoms with Gasteiger partial charge in [-0.1, -0.05) is 13.8 Å². The fourth-order valence-corrected chi connectivity index (χ4v) is 1.66. The van der Waals surface area contributed by atoms with Gasteiger partial charge >= 0.3 is 0 Å². The molecule has 0 amide bonds. The average molecular weight is 249 g/mol. The van der Waals surface area contributed by atoms with Crippen LogP contribution in [0.4, 0.5) is 0 Å². The van der Waals surface area contributed by atoms with Crippen LogP contribution in [-0.2, 0) is 6.42 Å². The molecule has 0 atom stereocenters. The first-order valence-corrected chi connectivity index (χ1v) is 6.23. The van der Waals surface area contributed by atoms with Crippen molar-refractivity contribution < 1.29 is 4.42 Å². The largest absolute Gasteiger partial charge is 0.421 e. The Morgan fingerprint density at radius 2 is 2.22 bits per heavy atom. The lowest BCUT2D eigenvalue weighted by Gasteiger charge is -2.05. The number of aryl methyl sites for hydroxylation is 2. The van der Waals surface area contributed by atoms with Crippen molar-refractivity contribution in [3.05, 3.63) is 17.8 Å². The van der Waals surface area contributed by atoms with Gasteiger partial charge in [0.15, 0.2) is 0 Å². The summed E-state index contributed by atoms with van der Waals surface area (Å²) in [6.45, 7) is 7.15. The third kappa shape index (κ3) is 3.16. The van der Waals surface area contributed by atoms with E-state index < -0.39 is 0 Å². The molecular weight excluding hydrogens is 230 g/mol. The zero-order valence-electron chi connectivity index (χ0n) is 11.0. The molecule has 6 nitrogen and oxygen atoms in total. The van der Waals surface area contributed by atoms with E-state index in [1.165, 1.54) is 0 Å². The summed E-state index contributed by atoms with van der Waals surface area (Å²) < 4.78 is 5.61. The first-order valence-electron chi connectivity index (χ1n) is 6.23. The standard InChI is InChI=1S/C12H19N5O/c1-8(2)13-6-4-5-11-16-17-12(18-11)10-7-14-15-9(10)3/h7-8,13H,4-6H2,1-3H3,(H,14,15). The van der Waals surface area contributed by atoms with Crippen LogP contribution in [-0.4, -0.2) is 33.0 Å². The van der Waals surface area contributed by atoms with E-state index in [9.17, 15) is 0 Å². The molecule has 0 aliphatic heterocycles. The molecule has 0 radical (unpaired) electrons. The van der Waals surface area contributed by atoms with Gasteiger partial charge in [0.1, 0.15) is 0 Å². The Labute approximate surface area is 106 Å². The summed E-state index contributed by atoms with van der Waals surface area (Å²) in [7, 11) is 0. The summed E-state index contributed by atoms with van der Waals surface area (Å²) in [5, 5.41) is 18.2. The van der Waals surface area contributed by atoms with Crippen LogP contribution in [0.1, 0.15) is 31.9 Å². The molecule has 0 aromatic carbocycles. The number of hydrogen-bond donors (Lipinski definition) is 2. The number of nitrogens with zero attached hydrogens (tertiary/aromatic N) is 3. The molecule has 0 aliphatic carbocycles. The quantitative estimate of drug-likeness (QED) is 0.762. The molecule has 2 rings (SSSR count). The van der Waals surface area contributed by atoms with Gasteiger partial charge < -0.3 is 9.73 Å². The fourth-order valence-electron chi connectivity index (χ4n) is 1.66. The smallest absolute Gasteiger partial charge is 0.251 e. The highest BCUT2D eigenvalue weighted by Gasteiger charge is 2.11. The van der Waals surface area contributed by atoms with Crippen molar-refractivity contribution in [2.45, 2.75) is 39.7 Å². The minimum Gasteiger partial charge on any atom is -0.421 e. The van der Waals surface area contributed by atoms with Gasteiger partial charge in [-0.2, -0.15) is 5.10 Å². The van der Waals surface area contributed by atoms with E-state index in [0.29, 0.717) is 17.8 Å². The minimum atomic E-state index is 0.511. The Kier molecular flexibility index (Phi) is 4.09. The van der Waals surface area contributed by atoms with Crippen LogP contribution in [0.5, 0.6) is 0 Å². The van der Waals surface area contributed by atoms with Crippen molar-refractivity contribution >= 4 is 0 Å². The van der Waals surface area contributed by atoms with E-state index in [1.54, 1.807) is 6.20 Å². The van der Waals surface area contributed by atoms with E-state index in [0.717, 1.165) is 30.6 Å². The lowest BCUT2D eigenvalue weighted by atomic mass is 10.3. The second-order valence-electron chi connectivity index (χ2n) is 4.62. The number of aromatic nitrogens is 4. The molecule has 2 aromatic heterocycles. The topological polar surface area (TPSA) is 79.6 Å². The lowest BCUT2D eigenvalue weighted by Crippen LogP contribution is -2.23. The van der Waals surface area contributed by atoms with E-state index in [4.69, 9.17) is 4.42 Å². The normalized spacial score (nSPS) is 11.3. The van der Waals surface area contributed by atoms with Crippen molar-refractivity contribution in [2.75, 3.05) is 6.54 Å². The molecule has 0 aliphatic rings. The van der Waals surface area contributed by atoms with Gasteiger partial charge in [-0.25, -0.2) is 0 Å². The summed E-state index contributed by atoms with van der Waals surface area (Å²) in [6.07, 6.45) is 3.49. The van der Waals surface area contributed by atoms with Gasteiger partial charge in [-0.3, -0.25) is 5.10 Å². The molecule has 0 saturated carbocycles. The van der Waals surface area contributed by atoms with Crippen molar-refractivity contribution in [2.24, 2.45) is 0 Å². The van der Waals surface area contributed by atoms with E-state index in [2.05, 4.69) is 39.6 Å². The fraction of sp³-hybridized carbons (Fsp3) is 0.583. The van der Waals surface area contributed by atoms with Crippen LogP contribution >= 0.6 is 0 Å². The Morgan fingerprint density at radius 3 is 2.89 bits per heavy atom. The molecule has 18 heavy (non-hydrogen) atoms. The second-order valence-corrected chi connectivity index (χ2v) is 4.62. The Morgan fingerprint density at radius 1 is 1.39 bits per heavy atom. The molecule has 2 N–H and O–H groups in total. The van der Waals surface area contributed by atoms with E-state index >= 15 is 0 Å². The van der Waals surface area contributed by atoms with Crippen LogP contribution in [0.25, 0.3) is 11.5 Å². The molecule has 2 heterocycles. The third-order valence-corrected chi connectivity index (χ3v) is 2.65. The number of hydrogen-bond acceptors (Lipinski definition) is 5. The van der Waals surface area contributed by atoms with Gasteiger partial charge in [0.25, 0.3) is 5.89 Å². The third-order valence-electron chi connectivity index (χ3n) is 2.65. The molecule has 0 saturated heterocycles. The van der Waals surface area contributed by atoms with Crippen molar-refractivity contribution in [1.29, 1.82) is 0 Å². The zero-order valence-corrected chi connectivity index (χ0v) is 11.0. The van der Waals surface area contributed by atoms with E-state index in [1.807, 2.05) is 6.92 Å². The first-order chi connectivity index (χ1) is 8.66. The maximum absolute atomic E-state index is 5.61. The number of aromatic amines is 1. The van der Waals surface area contributed by atoms with Crippen LogP contribution in [0.15, 0.2) is 10.6 Å². The summed E-state index contributed by atoms with van der Waals surface area (Å²) >= 11 is 0. The highest BCUT2D eigenvalue weighted by Crippen LogP contribution is 2.19. The summed E-state index contributed by atoms with van der Waals surface area (Å²) in [6, 6.07) is 0.511. The lowest BCUT2D eigenvalue weighted by molar-refractivity contribution is 0.484. The number of H-pyrrole nitrogens is 1. The van der Waals surface area contributed by atoms with Gasteiger partial charge in [-0.15, -0.1) is 10.2 Å². The van der Waals surface area contributed by atoms with Crippen molar-refractivity contribution in [3.63, 3.8) is 0 Å². The summed E-state index contributed by atoms with van der Waals surface area (Å²) in [5.41, 5.74) is 1.81. The highest BCUT2D eigenvalue weighted by molar-refractivity contribution is 5.53. The molecule has 0 bridgehead atoms. The molecule has 0 fully saturated rings. The number of rotatable bonds is 6. The van der Waals surface area contributed by atoms with Gasteiger partial charge in [0, 0.05) is 18.2 Å². The number of nitrogens with one attached hydrogen (secondary N) is 2. The Balaban J connectivity index is 1.89. The predicted octanol–water partition coefficient (Wildman–Crippen LogP) is 1.70. The molecule has 6 heteroatoms. The average Bonchev–Trinajstić information content (AvgIpc) is 2.92. The van der Waals surface area contributed by atoms with Crippen LogP contribution in [0.3, 0.4) is 0 Å². The zero-order chi connectivity index (χ0) is 13.0. The van der Waals surface area contributed by atoms with Crippen LogP contribution in [0, 0.1) is 6.92 Å². The molecular formula is C12H19N5O. The van der Waals surface area contributed by atoms with Gasteiger partial charge in [0.05, 0.1) is 11.8 Å². The van der Waals surface area contributed by atoms with Crippen LogP contribution < -0.4 is 5.32 Å². The van der Waals surface area contributed by atoms with Gasteiger partial charge in [-0.05, 0) is 19.9 Å². The Hall–Kier alpha value is -1.69. The van der Waals surface area contributed by atoms with Gasteiger partial charge in [0.2, 0.25) is 5.89 Å². The summed E-state index contributed by atoms with van der Waals surface area (Å²) in [5.74, 6) is 1.21. The molecule has 98 valence electrons. The maximum Gasteiger partial charge on any atom is 0.251 e. The molecule has 0 spiro atoms. The van der Waals surface area contributed by atoms with Crippen LogP contribution in [0.2, 0.25) is 0 Å². The predicted molar refractivity (Wildman–Crippen MR) is 68.1 cm³/mol. The summed E-state index contributed by atoms with van der Waals surface area (Å²) in [4.78, 5) is 0. The molecule has 2 aromatic rings. The molecule has 0 unspecified atom stereocenters.